The zero-order valence-corrected chi connectivity index (χ0v) is 9.68. The van der Waals surface area contributed by atoms with Crippen LogP contribution in [0, 0.1) is 0 Å². The minimum atomic E-state index is -1.16. The Balaban J connectivity index is 0.000000980. The number of carboxylic acid groups (broad SMARTS) is 1. The van der Waals surface area contributed by atoms with Gasteiger partial charge in [0.05, 0.1) is 21.1 Å². The van der Waals surface area contributed by atoms with E-state index in [1.807, 2.05) is 0 Å². The third kappa shape index (κ3) is 2.01. The van der Waals surface area contributed by atoms with E-state index in [0.29, 0.717) is 5.52 Å². The van der Waals surface area contributed by atoms with Gasteiger partial charge >= 0.3 is 18.9 Å². The molecule has 66 valence electrons. The number of nitrogens with zero attached hydrogens (tertiary/aromatic N) is 1. The first kappa shape index (κ1) is 11.7. The summed E-state index contributed by atoms with van der Waals surface area (Å²) in [7, 11) is 0. The smallest absolute Gasteiger partial charge is 0.544 e. The molecule has 0 aliphatic rings. The topological polar surface area (TPSA) is 53.0 Å². The fraction of sp³-hybridized carbons (Fsp3) is 0. The molecule has 0 aliphatic carbocycles. The van der Waals surface area contributed by atoms with E-state index < -0.39 is 5.97 Å². The molecule has 0 N–H and O–H groups in total. The van der Waals surface area contributed by atoms with Gasteiger partial charge in [-0.1, -0.05) is 0 Å². The molecule has 2 rings (SSSR count). The summed E-state index contributed by atoms with van der Waals surface area (Å²) in [5, 5.41) is 10.5. The van der Waals surface area contributed by atoms with Gasteiger partial charge in [-0.05, 0) is 28.1 Å². The molecule has 0 aromatic carbocycles. The molecule has 0 unspecified atom stereocenters. The van der Waals surface area contributed by atoms with Crippen LogP contribution in [0.15, 0.2) is 22.8 Å². The van der Waals surface area contributed by atoms with E-state index in [9.17, 15) is 9.90 Å². The number of halogens is 1. The summed E-state index contributed by atoms with van der Waals surface area (Å²) in [5.74, 6) is -1.16. The number of carboxylic acids is 1. The van der Waals surface area contributed by atoms with E-state index in [0.717, 1.165) is 20.5 Å². The predicted octanol–water partition coefficient (Wildman–Crippen LogP) is -1.57. The first-order valence-electron chi connectivity index (χ1n) is 3.44. The number of fused-ring (bicyclic) bond motifs is 1. The monoisotopic (exact) mass is 263 g/mol. The Kier molecular flexibility index (Phi) is 3.73. The third-order valence-corrected chi connectivity index (χ3v) is 3.63. The minimum absolute atomic E-state index is 0. The zero-order chi connectivity index (χ0) is 9.42. The summed E-state index contributed by atoms with van der Waals surface area (Å²) in [6, 6.07) is 3.29. The van der Waals surface area contributed by atoms with E-state index in [-0.39, 0.29) is 23.7 Å². The molecule has 6 heteroatoms. The van der Waals surface area contributed by atoms with E-state index in [1.165, 1.54) is 6.07 Å². The van der Waals surface area contributed by atoms with Crippen LogP contribution in [0.25, 0.3) is 10.2 Å². The van der Waals surface area contributed by atoms with Crippen LogP contribution in [-0.2, 0) is 0 Å². The van der Waals surface area contributed by atoms with Gasteiger partial charge in [-0.3, -0.25) is 4.98 Å². The number of rotatable bonds is 1. The number of hydrogen-bond acceptors (Lipinski definition) is 4. The SMILES string of the molecule is O=C([O-])c1cc2nccc(Br)c2s1.[Li+]. The Hall–Kier alpha value is -0.343. The van der Waals surface area contributed by atoms with Crippen LogP contribution in [0.3, 0.4) is 0 Å². The Morgan fingerprint density at radius 1 is 1.57 bits per heavy atom. The summed E-state index contributed by atoms with van der Waals surface area (Å²) in [5.41, 5.74) is 0.679. The molecule has 0 spiro atoms. The molecule has 0 radical (unpaired) electrons. The van der Waals surface area contributed by atoms with Crippen molar-refractivity contribution in [2.45, 2.75) is 0 Å². The number of hydrogen-bond donors (Lipinski definition) is 0. The molecule has 0 atom stereocenters. The van der Waals surface area contributed by atoms with Gasteiger partial charge in [0, 0.05) is 10.7 Å². The summed E-state index contributed by atoms with van der Waals surface area (Å²) in [4.78, 5) is 14.8. The van der Waals surface area contributed by atoms with Crippen molar-refractivity contribution in [3.8, 4) is 0 Å². The summed E-state index contributed by atoms with van der Waals surface area (Å²) >= 11 is 4.48. The third-order valence-electron chi connectivity index (χ3n) is 1.57. The Labute approximate surface area is 104 Å². The van der Waals surface area contributed by atoms with Crippen LogP contribution in [0.2, 0.25) is 0 Å². The molecule has 3 nitrogen and oxygen atoms in total. The van der Waals surface area contributed by atoms with Crippen LogP contribution in [-0.4, -0.2) is 11.0 Å². The molecular formula is C8H3BrLiNO2S. The molecule has 2 heterocycles. The van der Waals surface area contributed by atoms with Crippen molar-refractivity contribution in [1.29, 1.82) is 0 Å². The van der Waals surface area contributed by atoms with Gasteiger partial charge in [-0.2, -0.15) is 0 Å². The van der Waals surface area contributed by atoms with Gasteiger partial charge in [0.2, 0.25) is 0 Å². The first-order valence-corrected chi connectivity index (χ1v) is 5.05. The van der Waals surface area contributed by atoms with E-state index in [2.05, 4.69) is 20.9 Å². The fourth-order valence-electron chi connectivity index (χ4n) is 1.01. The van der Waals surface area contributed by atoms with Crippen molar-refractivity contribution in [1.82, 2.24) is 4.98 Å². The van der Waals surface area contributed by atoms with Crippen LogP contribution in [0.5, 0.6) is 0 Å². The molecule has 0 saturated heterocycles. The maximum absolute atomic E-state index is 10.5. The number of aromatic carboxylic acids is 1. The van der Waals surface area contributed by atoms with Crippen molar-refractivity contribution < 1.29 is 28.8 Å². The first-order chi connectivity index (χ1) is 6.18. The molecular weight excluding hydrogens is 261 g/mol. The fourth-order valence-corrected chi connectivity index (χ4v) is 2.43. The Morgan fingerprint density at radius 3 is 2.86 bits per heavy atom. The van der Waals surface area contributed by atoms with Gasteiger partial charge in [0.15, 0.2) is 0 Å². The largest absolute Gasteiger partial charge is 1.00 e. The van der Waals surface area contributed by atoms with Crippen molar-refractivity contribution in [3.05, 3.63) is 27.7 Å². The van der Waals surface area contributed by atoms with Crippen LogP contribution in [0.1, 0.15) is 9.67 Å². The van der Waals surface area contributed by atoms with Crippen LogP contribution >= 0.6 is 27.3 Å². The second-order valence-electron chi connectivity index (χ2n) is 2.41. The van der Waals surface area contributed by atoms with E-state index >= 15 is 0 Å². The van der Waals surface area contributed by atoms with Gasteiger partial charge in [0.1, 0.15) is 0 Å². The van der Waals surface area contributed by atoms with Crippen molar-refractivity contribution in [2.24, 2.45) is 0 Å². The molecule has 0 saturated carbocycles. The van der Waals surface area contributed by atoms with Crippen molar-refractivity contribution in [2.75, 3.05) is 0 Å². The van der Waals surface area contributed by atoms with Crippen molar-refractivity contribution in [3.63, 3.8) is 0 Å². The van der Waals surface area contributed by atoms with Crippen molar-refractivity contribution >= 4 is 43.5 Å². The average molecular weight is 264 g/mol. The molecule has 2 aromatic rings. The quantitative estimate of drug-likeness (QED) is 0.584. The standard InChI is InChI=1S/C8H4BrNO2S.Li/c9-4-1-2-10-5-3-6(8(11)12)13-7(4)5;/h1-3H,(H,11,12);/q;+1/p-1. The normalized spacial score (nSPS) is 9.79. The maximum Gasteiger partial charge on any atom is 1.00 e. The second-order valence-corrected chi connectivity index (χ2v) is 4.31. The van der Waals surface area contributed by atoms with Gasteiger partial charge < -0.3 is 9.90 Å². The van der Waals surface area contributed by atoms with E-state index in [1.54, 1.807) is 12.3 Å². The van der Waals surface area contributed by atoms with Crippen LogP contribution in [0.4, 0.5) is 0 Å². The molecule has 0 bridgehead atoms. The molecule has 2 aromatic heterocycles. The second kappa shape index (κ2) is 4.45. The van der Waals surface area contributed by atoms with E-state index in [4.69, 9.17) is 0 Å². The van der Waals surface area contributed by atoms with Crippen LogP contribution < -0.4 is 24.0 Å². The summed E-state index contributed by atoms with van der Waals surface area (Å²) < 4.78 is 1.69. The molecule has 0 amide bonds. The summed E-state index contributed by atoms with van der Waals surface area (Å²) in [6.07, 6.45) is 1.62. The predicted molar refractivity (Wildman–Crippen MR) is 51.7 cm³/mol. The minimum Gasteiger partial charge on any atom is -0.544 e. The summed E-state index contributed by atoms with van der Waals surface area (Å²) in [6.45, 7) is 0. The number of carbonyl (C=O) groups is 1. The Bertz CT molecular complexity index is 485. The number of thiophene rings is 1. The number of aromatic nitrogens is 1. The van der Waals surface area contributed by atoms with Gasteiger partial charge in [-0.15, -0.1) is 11.3 Å². The van der Waals surface area contributed by atoms with Gasteiger partial charge in [-0.25, -0.2) is 0 Å². The number of pyridine rings is 1. The molecule has 0 fully saturated rings. The molecule has 14 heavy (non-hydrogen) atoms. The number of carbonyl (C=O) groups excluding carboxylic acids is 1. The molecule has 0 aliphatic heterocycles. The zero-order valence-electron chi connectivity index (χ0n) is 7.28. The van der Waals surface area contributed by atoms with Gasteiger partial charge in [0.25, 0.3) is 0 Å². The average Bonchev–Trinajstić information content (AvgIpc) is 2.49. The maximum atomic E-state index is 10.5. The Morgan fingerprint density at radius 2 is 2.29 bits per heavy atom.